The summed E-state index contributed by atoms with van der Waals surface area (Å²) in [5.74, 6) is 0.748. The lowest BCUT2D eigenvalue weighted by Crippen LogP contribution is -2.27. The molecule has 0 aromatic rings. The van der Waals surface area contributed by atoms with Gasteiger partial charge in [-0.05, 0) is 12.3 Å². The molecule has 0 nitrogen and oxygen atoms in total. The number of thiol groups is 1. The summed E-state index contributed by atoms with van der Waals surface area (Å²) in [4.78, 5) is 0. The molecule has 0 radical (unpaired) electrons. The first kappa shape index (κ1) is 9.34. The quantitative estimate of drug-likeness (QED) is 0.452. The first-order valence-corrected chi connectivity index (χ1v) is 3.91. The van der Waals surface area contributed by atoms with Crippen LogP contribution in [0.4, 0.5) is 4.39 Å². The van der Waals surface area contributed by atoms with Gasteiger partial charge < -0.3 is 0 Å². The lowest BCUT2D eigenvalue weighted by Gasteiger charge is -2.19. The molecule has 9 heavy (non-hydrogen) atoms. The Bertz CT molecular complexity index is 83.1. The highest BCUT2D eigenvalue weighted by Crippen LogP contribution is 2.18. The van der Waals surface area contributed by atoms with Gasteiger partial charge in [-0.15, -0.1) is 0 Å². The van der Waals surface area contributed by atoms with E-state index >= 15 is 0 Å². The Hall–Kier alpha value is 0.345. The molecule has 54 valence electrons. The van der Waals surface area contributed by atoms with Crippen LogP contribution in [-0.4, -0.2) is 19.2 Å². The van der Waals surface area contributed by atoms with E-state index in [0.717, 1.165) is 0 Å². The molecule has 0 bridgehead atoms. The lowest BCUT2D eigenvalue weighted by atomic mass is 9.79. The molecule has 0 N–H and O–H groups in total. The summed E-state index contributed by atoms with van der Waals surface area (Å²) in [6, 6.07) is 0. The van der Waals surface area contributed by atoms with Crippen LogP contribution in [-0.2, 0) is 0 Å². The van der Waals surface area contributed by atoms with E-state index in [-0.39, 0.29) is 0 Å². The van der Waals surface area contributed by atoms with Crippen LogP contribution >= 0.6 is 12.6 Å². The molecule has 0 spiro atoms. The van der Waals surface area contributed by atoms with E-state index in [0.29, 0.717) is 18.1 Å². The summed E-state index contributed by atoms with van der Waals surface area (Å²) >= 11 is 3.90. The Morgan fingerprint density at radius 1 is 1.67 bits per heavy atom. The molecule has 1 atom stereocenters. The number of halogens is 1. The summed E-state index contributed by atoms with van der Waals surface area (Å²) in [5.41, 5.74) is -1.07. The average Bonchev–Trinajstić information content (AvgIpc) is 1.63. The van der Waals surface area contributed by atoms with Crippen molar-refractivity contribution in [2.75, 3.05) is 5.75 Å². The van der Waals surface area contributed by atoms with Crippen molar-refractivity contribution < 1.29 is 4.39 Å². The minimum absolute atomic E-state index is 0.325. The van der Waals surface area contributed by atoms with Crippen LogP contribution < -0.4 is 0 Å². The first-order valence-electron chi connectivity index (χ1n) is 3.28. The van der Waals surface area contributed by atoms with Crippen LogP contribution in [0.5, 0.6) is 0 Å². The second kappa shape index (κ2) is 3.50. The van der Waals surface area contributed by atoms with E-state index in [2.05, 4.69) is 12.6 Å². The fourth-order valence-electron chi connectivity index (χ4n) is 0.916. The maximum absolute atomic E-state index is 13.0. The fraction of sp³-hybridized carbons (Fsp3) is 1.00. The van der Waals surface area contributed by atoms with Gasteiger partial charge in [0.2, 0.25) is 0 Å². The second-order valence-corrected chi connectivity index (χ2v) is 3.49. The summed E-state index contributed by atoms with van der Waals surface area (Å²) in [6.07, 6.45) is 0.608. The molecule has 0 aliphatic carbocycles. The molecule has 3 heteroatoms. The standard InChI is InChI=1S/C6H14BFS/c1-5(2)3-6(7,8)4-9/h5,9H,3-4,7H2,1-2H3. The average molecular weight is 148 g/mol. The Kier molecular flexibility index (Phi) is 3.63. The van der Waals surface area contributed by atoms with Crippen molar-refractivity contribution in [3.63, 3.8) is 0 Å². The maximum Gasteiger partial charge on any atom is 0.151 e. The zero-order valence-corrected chi connectivity index (χ0v) is 7.21. The Morgan fingerprint density at radius 3 is 2.22 bits per heavy atom. The Labute approximate surface area is 63.0 Å². The largest absolute Gasteiger partial charge is 0.253 e. The van der Waals surface area contributed by atoms with E-state index in [9.17, 15) is 4.39 Å². The number of rotatable bonds is 3. The zero-order chi connectivity index (χ0) is 7.49. The van der Waals surface area contributed by atoms with Gasteiger partial charge in [0, 0.05) is 5.75 Å². The molecule has 0 heterocycles. The zero-order valence-electron chi connectivity index (χ0n) is 6.32. The van der Waals surface area contributed by atoms with E-state index in [1.54, 1.807) is 7.85 Å². The van der Waals surface area contributed by atoms with E-state index in [1.165, 1.54) is 0 Å². The summed E-state index contributed by atoms with van der Waals surface area (Å²) in [6.45, 7) is 4.03. The molecular weight excluding hydrogens is 134 g/mol. The monoisotopic (exact) mass is 148 g/mol. The Morgan fingerprint density at radius 2 is 2.11 bits per heavy atom. The normalized spacial score (nSPS) is 17.9. The molecular formula is C6H14BFS. The molecule has 0 saturated heterocycles. The number of hydrogen-bond acceptors (Lipinski definition) is 1. The number of hydrogen-bond donors (Lipinski definition) is 1. The van der Waals surface area contributed by atoms with Gasteiger partial charge in [0.05, 0.1) is 5.57 Å². The maximum atomic E-state index is 13.0. The van der Waals surface area contributed by atoms with Crippen molar-refractivity contribution in [2.24, 2.45) is 5.92 Å². The molecule has 0 saturated carbocycles. The third-order valence-electron chi connectivity index (χ3n) is 1.16. The van der Waals surface area contributed by atoms with E-state index in [4.69, 9.17) is 0 Å². The molecule has 0 amide bonds. The van der Waals surface area contributed by atoms with Crippen LogP contribution in [0.3, 0.4) is 0 Å². The van der Waals surface area contributed by atoms with Crippen molar-refractivity contribution in [3.05, 3.63) is 0 Å². The van der Waals surface area contributed by atoms with Crippen molar-refractivity contribution in [2.45, 2.75) is 25.8 Å². The topological polar surface area (TPSA) is 0 Å². The molecule has 0 aromatic carbocycles. The van der Waals surface area contributed by atoms with Gasteiger partial charge in [-0.1, -0.05) is 13.8 Å². The molecule has 0 rings (SSSR count). The van der Waals surface area contributed by atoms with Crippen molar-refractivity contribution >= 4 is 20.5 Å². The van der Waals surface area contributed by atoms with Gasteiger partial charge in [0.25, 0.3) is 0 Å². The van der Waals surface area contributed by atoms with Crippen LogP contribution in [0.25, 0.3) is 0 Å². The van der Waals surface area contributed by atoms with Crippen LogP contribution in [0.15, 0.2) is 0 Å². The molecule has 0 aromatic heterocycles. The first-order chi connectivity index (χ1) is 3.98. The predicted molar refractivity (Wildman–Crippen MR) is 45.7 cm³/mol. The van der Waals surface area contributed by atoms with E-state index in [1.807, 2.05) is 13.8 Å². The summed E-state index contributed by atoms with van der Waals surface area (Å²) < 4.78 is 13.0. The number of alkyl halides is 1. The molecule has 0 aliphatic rings. The van der Waals surface area contributed by atoms with Gasteiger partial charge >= 0.3 is 0 Å². The van der Waals surface area contributed by atoms with Crippen LogP contribution in [0.2, 0.25) is 0 Å². The van der Waals surface area contributed by atoms with Crippen LogP contribution in [0.1, 0.15) is 20.3 Å². The van der Waals surface area contributed by atoms with Gasteiger partial charge in [0.15, 0.2) is 7.85 Å². The van der Waals surface area contributed by atoms with Gasteiger partial charge in [-0.2, -0.15) is 12.6 Å². The fourth-order valence-corrected chi connectivity index (χ4v) is 1.04. The van der Waals surface area contributed by atoms with Crippen LogP contribution in [0, 0.1) is 5.92 Å². The second-order valence-electron chi connectivity index (χ2n) is 3.17. The molecule has 0 fully saturated rings. The summed E-state index contributed by atoms with van der Waals surface area (Å²) in [5, 5.41) is 0. The lowest BCUT2D eigenvalue weighted by molar-refractivity contribution is 0.262. The van der Waals surface area contributed by atoms with Crippen molar-refractivity contribution in [1.29, 1.82) is 0 Å². The minimum atomic E-state index is -1.07. The van der Waals surface area contributed by atoms with Gasteiger partial charge in [-0.3, -0.25) is 4.39 Å². The van der Waals surface area contributed by atoms with Gasteiger partial charge in [0.1, 0.15) is 0 Å². The molecule has 0 aliphatic heterocycles. The van der Waals surface area contributed by atoms with E-state index < -0.39 is 5.57 Å². The highest BCUT2D eigenvalue weighted by Gasteiger charge is 2.21. The minimum Gasteiger partial charge on any atom is -0.253 e. The van der Waals surface area contributed by atoms with Crippen molar-refractivity contribution in [1.82, 2.24) is 0 Å². The third kappa shape index (κ3) is 4.82. The molecule has 1 unspecified atom stereocenters. The Balaban J connectivity index is 3.58. The van der Waals surface area contributed by atoms with Gasteiger partial charge in [-0.25, -0.2) is 0 Å². The van der Waals surface area contributed by atoms with Crippen molar-refractivity contribution in [3.8, 4) is 0 Å². The highest BCUT2D eigenvalue weighted by atomic mass is 32.1. The predicted octanol–water partition coefficient (Wildman–Crippen LogP) is 1.26. The summed E-state index contributed by atoms with van der Waals surface area (Å²) in [7, 11) is 1.60. The third-order valence-corrected chi connectivity index (χ3v) is 1.82. The SMILES string of the molecule is BC(F)(CS)CC(C)C. The smallest absolute Gasteiger partial charge is 0.151 e. The highest BCUT2D eigenvalue weighted by molar-refractivity contribution is 7.80.